The van der Waals surface area contributed by atoms with E-state index in [1.165, 1.54) is 11.8 Å². The molecular weight excluding hydrogens is 460 g/mol. The molecular formula is C23H28N4O4S2. The largest absolute Gasteiger partial charge is 0.450 e. The first-order valence-corrected chi connectivity index (χ1v) is 13.0. The van der Waals surface area contributed by atoms with Gasteiger partial charge < -0.3 is 14.5 Å². The Morgan fingerprint density at radius 2 is 1.85 bits per heavy atom. The first-order chi connectivity index (χ1) is 16.0. The number of ether oxygens (including phenoxy) is 1. The van der Waals surface area contributed by atoms with Gasteiger partial charge in [0.25, 0.3) is 5.56 Å². The Balaban J connectivity index is 1.46. The Labute approximate surface area is 201 Å². The highest BCUT2D eigenvalue weighted by molar-refractivity contribution is 8.00. The molecule has 1 fully saturated rings. The van der Waals surface area contributed by atoms with Crippen LogP contribution in [0.15, 0.2) is 45.2 Å². The Bertz CT molecular complexity index is 1070. The fourth-order valence-corrected chi connectivity index (χ4v) is 5.95. The molecule has 0 N–H and O–H groups in total. The van der Waals surface area contributed by atoms with Crippen molar-refractivity contribution < 1.29 is 14.3 Å². The normalized spacial score (nSPS) is 17.7. The fraction of sp³-hybridized carbons (Fsp3) is 0.478. The lowest BCUT2D eigenvalue weighted by Gasteiger charge is -2.34. The molecule has 2 amide bonds. The van der Waals surface area contributed by atoms with Crippen LogP contribution in [-0.4, -0.2) is 75.1 Å². The van der Waals surface area contributed by atoms with E-state index in [0.717, 1.165) is 22.6 Å². The minimum Gasteiger partial charge on any atom is -0.450 e. The molecule has 0 radical (unpaired) electrons. The van der Waals surface area contributed by atoms with E-state index in [2.05, 4.69) is 6.92 Å². The maximum atomic E-state index is 13.3. The highest BCUT2D eigenvalue weighted by Crippen LogP contribution is 2.34. The predicted molar refractivity (Wildman–Crippen MR) is 129 cm³/mol. The number of carbonyl (C=O) groups excluding carboxylic acids is 2. The molecule has 4 rings (SSSR count). The number of hydrogen-bond acceptors (Lipinski definition) is 7. The topological polar surface area (TPSA) is 84.7 Å². The second-order valence-corrected chi connectivity index (χ2v) is 10.4. The Hall–Kier alpha value is -2.46. The van der Waals surface area contributed by atoms with E-state index in [1.807, 2.05) is 30.3 Å². The minimum atomic E-state index is -0.335. The molecule has 0 aliphatic carbocycles. The number of aromatic nitrogens is 2. The molecule has 2 aromatic rings. The fourth-order valence-electron chi connectivity index (χ4n) is 3.92. The van der Waals surface area contributed by atoms with E-state index in [0.29, 0.717) is 49.7 Å². The van der Waals surface area contributed by atoms with Gasteiger partial charge in [-0.15, -0.1) is 11.8 Å². The predicted octanol–water partition coefficient (Wildman–Crippen LogP) is 2.72. The van der Waals surface area contributed by atoms with Crippen molar-refractivity contribution in [2.45, 2.75) is 42.1 Å². The van der Waals surface area contributed by atoms with Gasteiger partial charge >= 0.3 is 6.09 Å². The summed E-state index contributed by atoms with van der Waals surface area (Å²) < 4.78 is 6.73. The Morgan fingerprint density at radius 3 is 2.55 bits per heavy atom. The summed E-state index contributed by atoms with van der Waals surface area (Å²) >= 11 is 2.89. The van der Waals surface area contributed by atoms with Crippen molar-refractivity contribution >= 4 is 35.5 Å². The van der Waals surface area contributed by atoms with Crippen LogP contribution in [0.2, 0.25) is 0 Å². The van der Waals surface area contributed by atoms with Crippen molar-refractivity contribution in [2.75, 3.05) is 38.5 Å². The second-order valence-electron chi connectivity index (χ2n) is 8.04. The third-order valence-electron chi connectivity index (χ3n) is 5.63. The quantitative estimate of drug-likeness (QED) is 0.457. The lowest BCUT2D eigenvalue weighted by molar-refractivity contribution is -0.129. The smallest absolute Gasteiger partial charge is 0.409 e. The molecule has 2 aliphatic heterocycles. The van der Waals surface area contributed by atoms with Crippen molar-refractivity contribution in [3.05, 3.63) is 51.9 Å². The van der Waals surface area contributed by atoms with E-state index in [1.54, 1.807) is 33.1 Å². The number of thioether (sulfide) groups is 2. The molecule has 8 nitrogen and oxygen atoms in total. The average Bonchev–Trinajstić information content (AvgIpc) is 3.21. The Kier molecular flexibility index (Phi) is 7.64. The molecule has 33 heavy (non-hydrogen) atoms. The van der Waals surface area contributed by atoms with Crippen molar-refractivity contribution in [3.63, 3.8) is 0 Å². The van der Waals surface area contributed by atoms with Crippen LogP contribution in [0.5, 0.6) is 0 Å². The number of benzene rings is 1. The molecule has 0 saturated carbocycles. The number of piperazine rings is 1. The number of hydrogen-bond donors (Lipinski definition) is 0. The SMILES string of the molecule is CCOC(=O)N1CCN(C(=O)CSc2nc3c(c(=O)n2Cc2ccccc2)SC(C)C3)CC1. The molecule has 1 atom stereocenters. The highest BCUT2D eigenvalue weighted by Gasteiger charge is 2.28. The summed E-state index contributed by atoms with van der Waals surface area (Å²) in [4.78, 5) is 46.9. The molecule has 0 spiro atoms. The summed E-state index contributed by atoms with van der Waals surface area (Å²) in [5, 5.41) is 0.902. The molecule has 0 bridgehead atoms. The van der Waals surface area contributed by atoms with E-state index in [-0.39, 0.29) is 23.3 Å². The highest BCUT2D eigenvalue weighted by atomic mass is 32.2. The van der Waals surface area contributed by atoms with Gasteiger partial charge in [0.2, 0.25) is 5.91 Å². The summed E-state index contributed by atoms with van der Waals surface area (Å²) in [6, 6.07) is 9.81. The van der Waals surface area contributed by atoms with E-state index >= 15 is 0 Å². The molecule has 1 saturated heterocycles. The molecule has 1 aromatic carbocycles. The average molecular weight is 489 g/mol. The van der Waals surface area contributed by atoms with E-state index in [9.17, 15) is 14.4 Å². The van der Waals surface area contributed by atoms with Gasteiger partial charge in [0.1, 0.15) is 0 Å². The molecule has 10 heteroatoms. The zero-order valence-corrected chi connectivity index (χ0v) is 20.5. The number of fused-ring (bicyclic) bond motifs is 1. The molecule has 2 aliphatic rings. The summed E-state index contributed by atoms with van der Waals surface area (Å²) in [5.41, 5.74) is 1.82. The van der Waals surface area contributed by atoms with Crippen LogP contribution in [0, 0.1) is 0 Å². The summed E-state index contributed by atoms with van der Waals surface area (Å²) in [7, 11) is 0. The molecule has 1 unspecified atom stereocenters. The summed E-state index contributed by atoms with van der Waals surface area (Å²) in [6.07, 6.45) is 0.428. The van der Waals surface area contributed by atoms with Crippen LogP contribution < -0.4 is 5.56 Å². The van der Waals surface area contributed by atoms with Crippen LogP contribution in [-0.2, 0) is 22.5 Å². The third-order valence-corrected chi connectivity index (χ3v) is 7.81. The van der Waals surface area contributed by atoms with Gasteiger partial charge in [0, 0.05) is 37.8 Å². The third kappa shape index (κ3) is 5.55. The zero-order valence-electron chi connectivity index (χ0n) is 18.9. The number of rotatable bonds is 6. The van der Waals surface area contributed by atoms with E-state index in [4.69, 9.17) is 9.72 Å². The number of amides is 2. The molecule has 176 valence electrons. The van der Waals surface area contributed by atoms with Gasteiger partial charge in [-0.05, 0) is 12.5 Å². The van der Waals surface area contributed by atoms with Crippen LogP contribution in [0.1, 0.15) is 25.1 Å². The Morgan fingerprint density at radius 1 is 1.15 bits per heavy atom. The van der Waals surface area contributed by atoms with Crippen LogP contribution in [0.25, 0.3) is 0 Å². The summed E-state index contributed by atoms with van der Waals surface area (Å²) in [6.45, 7) is 6.49. The van der Waals surface area contributed by atoms with Crippen LogP contribution >= 0.6 is 23.5 Å². The monoisotopic (exact) mass is 488 g/mol. The van der Waals surface area contributed by atoms with Crippen LogP contribution in [0.4, 0.5) is 4.79 Å². The first kappa shape index (κ1) is 23.7. The van der Waals surface area contributed by atoms with Gasteiger partial charge in [-0.2, -0.15) is 0 Å². The lowest BCUT2D eigenvalue weighted by atomic mass is 10.2. The number of nitrogens with zero attached hydrogens (tertiary/aromatic N) is 4. The minimum absolute atomic E-state index is 0.0211. The first-order valence-electron chi connectivity index (χ1n) is 11.1. The molecule has 1 aromatic heterocycles. The van der Waals surface area contributed by atoms with Gasteiger partial charge in [0.15, 0.2) is 5.16 Å². The van der Waals surface area contributed by atoms with E-state index < -0.39 is 0 Å². The van der Waals surface area contributed by atoms with Gasteiger partial charge in [-0.1, -0.05) is 49.0 Å². The lowest BCUT2D eigenvalue weighted by Crippen LogP contribution is -2.51. The van der Waals surface area contributed by atoms with Gasteiger partial charge in [-0.3, -0.25) is 14.2 Å². The van der Waals surface area contributed by atoms with Crippen molar-refractivity contribution in [2.24, 2.45) is 0 Å². The maximum absolute atomic E-state index is 13.3. The van der Waals surface area contributed by atoms with Crippen LogP contribution in [0.3, 0.4) is 0 Å². The van der Waals surface area contributed by atoms with Crippen molar-refractivity contribution in [1.29, 1.82) is 0 Å². The molecule has 3 heterocycles. The number of carbonyl (C=O) groups is 2. The van der Waals surface area contributed by atoms with Gasteiger partial charge in [-0.25, -0.2) is 9.78 Å². The standard InChI is InChI=1S/C23H28N4O4S2/c1-3-31-23(30)26-11-9-25(10-12-26)19(28)15-32-22-24-18-13-16(2)33-20(18)21(29)27(22)14-17-7-5-4-6-8-17/h4-8,16H,3,9-15H2,1-2H3. The van der Waals surface area contributed by atoms with Crippen molar-refractivity contribution in [1.82, 2.24) is 19.4 Å². The van der Waals surface area contributed by atoms with Crippen molar-refractivity contribution in [3.8, 4) is 0 Å². The second kappa shape index (κ2) is 10.6. The summed E-state index contributed by atoms with van der Waals surface area (Å²) in [5.74, 6) is 0.175. The van der Waals surface area contributed by atoms with Gasteiger partial charge in [0.05, 0.1) is 29.5 Å². The zero-order chi connectivity index (χ0) is 23.4. The maximum Gasteiger partial charge on any atom is 0.409 e.